The molecule has 9 heteroatoms. The molecule has 1 amide bonds. The third-order valence-electron chi connectivity index (χ3n) is 4.40. The minimum Gasteiger partial charge on any atom is -0.326 e. The molecule has 0 saturated heterocycles. The van der Waals surface area contributed by atoms with Crippen LogP contribution >= 0.6 is 47.4 Å². The molecule has 0 atom stereocenters. The zero-order chi connectivity index (χ0) is 21.0. The van der Waals surface area contributed by atoms with Crippen molar-refractivity contribution < 1.29 is 9.59 Å². The average Bonchev–Trinajstić information content (AvgIpc) is 3.19. The molecule has 3 rings (SSSR count). The molecule has 0 N–H and O–H groups in total. The molecule has 0 bridgehead atoms. The summed E-state index contributed by atoms with van der Waals surface area (Å²) in [5.41, 5.74) is 1.16. The first-order valence-corrected chi connectivity index (χ1v) is 10.7. The number of benzene rings is 2. The van der Waals surface area contributed by atoms with E-state index in [1.807, 2.05) is 17.7 Å². The third kappa shape index (κ3) is 5.38. The number of anilines is 1. The molecule has 30 heavy (non-hydrogen) atoms. The van der Waals surface area contributed by atoms with Gasteiger partial charge in [0.05, 0.1) is 16.5 Å². The van der Waals surface area contributed by atoms with Crippen LogP contribution in [0.25, 0.3) is 0 Å². The van der Waals surface area contributed by atoms with Gasteiger partial charge < -0.3 is 9.47 Å². The zero-order valence-electron chi connectivity index (χ0n) is 16.3. The van der Waals surface area contributed by atoms with Gasteiger partial charge in [0.2, 0.25) is 5.91 Å². The van der Waals surface area contributed by atoms with Crippen LogP contribution in [0.5, 0.6) is 0 Å². The average molecular weight is 485 g/mol. The Morgan fingerprint density at radius 2 is 1.87 bits per heavy atom. The Labute approximate surface area is 195 Å². The highest BCUT2D eigenvalue weighted by Crippen LogP contribution is 2.29. The van der Waals surface area contributed by atoms with Crippen molar-refractivity contribution >= 4 is 64.7 Å². The van der Waals surface area contributed by atoms with Crippen LogP contribution in [0.15, 0.2) is 60.0 Å². The minimum absolute atomic E-state index is 0. The van der Waals surface area contributed by atoms with E-state index in [0.717, 1.165) is 11.7 Å². The third-order valence-corrected chi connectivity index (χ3v) is 5.95. The number of aryl methyl sites for hydroxylation is 1. The standard InChI is InChI=1S/C21H19Cl2N3O2S.ClH/c1-3-26-11-10-24-21(26)29-13-19(27)25(2)18-9-8-14(22)12-16(18)20(28)15-6-4-5-7-17(15)23;/h4-12H,3,13H2,1-2H3;1H. The summed E-state index contributed by atoms with van der Waals surface area (Å²) in [6.45, 7) is 2.79. The van der Waals surface area contributed by atoms with Crippen molar-refractivity contribution in [1.82, 2.24) is 9.55 Å². The predicted octanol–water partition coefficient (Wildman–Crippen LogP) is 5.62. The van der Waals surface area contributed by atoms with Crippen LogP contribution in [0.4, 0.5) is 5.69 Å². The fourth-order valence-corrected chi connectivity index (χ4v) is 4.14. The zero-order valence-corrected chi connectivity index (χ0v) is 19.5. The molecule has 158 valence electrons. The number of nitrogens with zero attached hydrogens (tertiary/aromatic N) is 3. The van der Waals surface area contributed by atoms with Gasteiger partial charge in [0, 0.05) is 42.1 Å². The lowest BCUT2D eigenvalue weighted by Gasteiger charge is -2.21. The summed E-state index contributed by atoms with van der Waals surface area (Å²) in [6.07, 6.45) is 3.58. The molecule has 5 nitrogen and oxygen atoms in total. The lowest BCUT2D eigenvalue weighted by molar-refractivity contribution is -0.115. The van der Waals surface area contributed by atoms with Gasteiger partial charge in [0.1, 0.15) is 0 Å². The topological polar surface area (TPSA) is 55.2 Å². The maximum atomic E-state index is 13.1. The molecular weight excluding hydrogens is 465 g/mol. The molecule has 0 fully saturated rings. The summed E-state index contributed by atoms with van der Waals surface area (Å²) in [5.74, 6) is -0.256. The van der Waals surface area contributed by atoms with Gasteiger partial charge in [0.15, 0.2) is 10.9 Å². The largest absolute Gasteiger partial charge is 0.326 e. The van der Waals surface area contributed by atoms with E-state index < -0.39 is 0 Å². The van der Waals surface area contributed by atoms with Gasteiger partial charge in [-0.1, -0.05) is 47.1 Å². The number of imidazole rings is 1. The number of rotatable bonds is 7. The highest BCUT2D eigenvalue weighted by Gasteiger charge is 2.22. The highest BCUT2D eigenvalue weighted by atomic mass is 35.5. The van der Waals surface area contributed by atoms with Crippen LogP contribution in [0.1, 0.15) is 22.8 Å². The smallest absolute Gasteiger partial charge is 0.237 e. The molecule has 3 aromatic rings. The van der Waals surface area contributed by atoms with Crippen LogP contribution in [0.3, 0.4) is 0 Å². The van der Waals surface area contributed by atoms with Crippen LogP contribution < -0.4 is 4.90 Å². The number of hydrogen-bond acceptors (Lipinski definition) is 4. The molecule has 0 aliphatic rings. The summed E-state index contributed by atoms with van der Waals surface area (Å²) >= 11 is 13.7. The molecular formula is C21H20Cl3N3O2S. The van der Waals surface area contributed by atoms with Gasteiger partial charge >= 0.3 is 0 Å². The fourth-order valence-electron chi connectivity index (χ4n) is 2.81. The molecule has 0 aliphatic heterocycles. The van der Waals surface area contributed by atoms with E-state index in [0.29, 0.717) is 26.9 Å². The van der Waals surface area contributed by atoms with Crippen molar-refractivity contribution in [3.63, 3.8) is 0 Å². The Bertz CT molecular complexity index is 1060. The summed E-state index contributed by atoms with van der Waals surface area (Å²) in [6, 6.07) is 11.7. The Hall–Kier alpha value is -1.99. The van der Waals surface area contributed by atoms with Gasteiger partial charge in [-0.05, 0) is 37.3 Å². The van der Waals surface area contributed by atoms with E-state index in [9.17, 15) is 9.59 Å². The highest BCUT2D eigenvalue weighted by molar-refractivity contribution is 7.99. The lowest BCUT2D eigenvalue weighted by atomic mass is 10.0. The van der Waals surface area contributed by atoms with Crippen LogP contribution in [0, 0.1) is 0 Å². The second kappa shape index (κ2) is 10.9. The first-order chi connectivity index (χ1) is 13.9. The number of carbonyl (C=O) groups excluding carboxylic acids is 2. The molecule has 0 unspecified atom stereocenters. The first kappa shape index (κ1) is 24.3. The predicted molar refractivity (Wildman–Crippen MR) is 126 cm³/mol. The van der Waals surface area contributed by atoms with E-state index in [1.165, 1.54) is 16.7 Å². The van der Waals surface area contributed by atoms with Crippen molar-refractivity contribution in [2.24, 2.45) is 0 Å². The molecule has 0 spiro atoms. The Morgan fingerprint density at radius 1 is 1.13 bits per heavy atom. The second-order valence-electron chi connectivity index (χ2n) is 6.21. The van der Waals surface area contributed by atoms with Crippen LogP contribution in [0.2, 0.25) is 10.0 Å². The summed E-state index contributed by atoms with van der Waals surface area (Å²) in [7, 11) is 1.64. The molecule has 0 aliphatic carbocycles. The van der Waals surface area contributed by atoms with Crippen LogP contribution in [-0.2, 0) is 11.3 Å². The normalized spacial score (nSPS) is 10.4. The maximum absolute atomic E-state index is 13.1. The van der Waals surface area contributed by atoms with Crippen LogP contribution in [-0.4, -0.2) is 34.0 Å². The van der Waals surface area contributed by atoms with Crippen molar-refractivity contribution in [2.45, 2.75) is 18.6 Å². The van der Waals surface area contributed by atoms with Gasteiger partial charge in [0.25, 0.3) is 0 Å². The van der Waals surface area contributed by atoms with Crippen molar-refractivity contribution in [1.29, 1.82) is 0 Å². The molecule has 1 aromatic heterocycles. The second-order valence-corrected chi connectivity index (χ2v) is 7.99. The summed E-state index contributed by atoms with van der Waals surface area (Å²) in [5, 5.41) is 1.53. The van der Waals surface area contributed by atoms with Gasteiger partial charge in [-0.3, -0.25) is 9.59 Å². The number of hydrogen-bond donors (Lipinski definition) is 0. The maximum Gasteiger partial charge on any atom is 0.237 e. The van der Waals surface area contributed by atoms with E-state index in [-0.39, 0.29) is 29.9 Å². The van der Waals surface area contributed by atoms with Crippen molar-refractivity contribution in [3.8, 4) is 0 Å². The monoisotopic (exact) mass is 483 g/mol. The number of carbonyl (C=O) groups is 2. The Kier molecular flexibility index (Phi) is 8.79. The van der Waals surface area contributed by atoms with Gasteiger partial charge in [-0.15, -0.1) is 12.4 Å². The number of amides is 1. The number of ketones is 1. The van der Waals surface area contributed by atoms with Crippen molar-refractivity contribution in [2.75, 3.05) is 17.7 Å². The van der Waals surface area contributed by atoms with E-state index >= 15 is 0 Å². The number of aromatic nitrogens is 2. The van der Waals surface area contributed by atoms with Crippen molar-refractivity contribution in [3.05, 3.63) is 76.0 Å². The van der Waals surface area contributed by atoms with E-state index in [2.05, 4.69) is 4.98 Å². The lowest BCUT2D eigenvalue weighted by Crippen LogP contribution is -2.29. The first-order valence-electron chi connectivity index (χ1n) is 8.91. The fraction of sp³-hybridized carbons (Fsp3) is 0.190. The quantitative estimate of drug-likeness (QED) is 0.323. The summed E-state index contributed by atoms with van der Waals surface area (Å²) in [4.78, 5) is 31.6. The van der Waals surface area contributed by atoms with Gasteiger partial charge in [-0.2, -0.15) is 0 Å². The van der Waals surface area contributed by atoms with E-state index in [4.69, 9.17) is 23.2 Å². The molecule has 0 radical (unpaired) electrons. The SMILES string of the molecule is CCn1ccnc1SCC(=O)N(C)c1ccc(Cl)cc1C(=O)c1ccccc1Cl.Cl. The molecule has 2 aromatic carbocycles. The molecule has 0 saturated carbocycles. The Balaban J connectivity index is 0.00000320. The van der Waals surface area contributed by atoms with E-state index in [1.54, 1.807) is 55.7 Å². The number of halogens is 3. The minimum atomic E-state index is -0.290. The summed E-state index contributed by atoms with van der Waals surface area (Å²) < 4.78 is 1.96. The Morgan fingerprint density at radius 3 is 2.57 bits per heavy atom. The number of thioether (sulfide) groups is 1. The van der Waals surface area contributed by atoms with Gasteiger partial charge in [-0.25, -0.2) is 4.98 Å². The molecule has 1 heterocycles.